The van der Waals surface area contributed by atoms with Crippen LogP contribution in [-0.4, -0.2) is 46.9 Å². The Morgan fingerprint density at radius 2 is 2.17 bits per heavy atom. The lowest BCUT2D eigenvalue weighted by Gasteiger charge is -2.37. The molecule has 1 aliphatic rings. The van der Waals surface area contributed by atoms with Gasteiger partial charge >= 0.3 is 6.09 Å². The van der Waals surface area contributed by atoms with Crippen LogP contribution in [0.25, 0.3) is 0 Å². The number of carbonyl (C=O) groups excluding carboxylic acids is 1. The predicted octanol–water partition coefficient (Wildman–Crippen LogP) is 1.49. The average molecular weight is 258 g/mol. The number of ether oxygens (including phenoxy) is 1. The van der Waals surface area contributed by atoms with Crippen LogP contribution < -0.4 is 5.73 Å². The number of piperidine rings is 1. The predicted molar refractivity (Wildman–Crippen MR) is 70.3 cm³/mol. The molecule has 18 heavy (non-hydrogen) atoms. The van der Waals surface area contributed by atoms with Crippen LogP contribution in [-0.2, 0) is 4.74 Å². The van der Waals surface area contributed by atoms with Gasteiger partial charge in [0.15, 0.2) is 0 Å². The number of rotatable bonds is 3. The molecule has 0 bridgehead atoms. The number of aliphatic hydroxyl groups is 1. The third-order valence-corrected chi connectivity index (χ3v) is 3.06. The van der Waals surface area contributed by atoms with E-state index in [0.717, 1.165) is 25.8 Å². The van der Waals surface area contributed by atoms with Crippen molar-refractivity contribution in [2.24, 2.45) is 5.73 Å². The van der Waals surface area contributed by atoms with Crippen molar-refractivity contribution >= 4 is 6.09 Å². The van der Waals surface area contributed by atoms with Crippen LogP contribution in [0.2, 0.25) is 0 Å². The van der Waals surface area contributed by atoms with E-state index < -0.39 is 5.60 Å². The number of aliphatic hydroxyl groups excluding tert-OH is 1. The largest absolute Gasteiger partial charge is 0.444 e. The second-order valence-electron chi connectivity index (χ2n) is 6.00. The molecule has 0 saturated carbocycles. The Morgan fingerprint density at radius 1 is 1.50 bits per heavy atom. The molecule has 1 saturated heterocycles. The van der Waals surface area contributed by atoms with Gasteiger partial charge < -0.3 is 20.5 Å². The smallest absolute Gasteiger partial charge is 0.410 e. The molecule has 0 aromatic carbocycles. The van der Waals surface area contributed by atoms with E-state index in [1.54, 1.807) is 4.90 Å². The summed E-state index contributed by atoms with van der Waals surface area (Å²) in [7, 11) is 0. The normalized spacial score (nSPS) is 22.7. The first-order chi connectivity index (χ1) is 8.33. The lowest BCUT2D eigenvalue weighted by molar-refractivity contribution is 0.00740. The maximum Gasteiger partial charge on any atom is 0.410 e. The maximum atomic E-state index is 12.1. The zero-order valence-corrected chi connectivity index (χ0v) is 11.7. The van der Waals surface area contributed by atoms with Gasteiger partial charge in [-0.1, -0.05) is 0 Å². The Hall–Kier alpha value is -0.810. The number of nitrogens with two attached hydrogens (primary N) is 1. The molecular formula is C13H26N2O3. The molecule has 1 aliphatic heterocycles. The molecule has 3 N–H and O–H groups in total. The zero-order valence-electron chi connectivity index (χ0n) is 11.7. The van der Waals surface area contributed by atoms with Crippen LogP contribution in [0.1, 0.15) is 46.5 Å². The molecule has 0 aromatic rings. The fraction of sp³-hybridized carbons (Fsp3) is 0.923. The Balaban J connectivity index is 2.61. The summed E-state index contributed by atoms with van der Waals surface area (Å²) in [6.07, 6.45) is 3.41. The number of nitrogens with zero attached hydrogens (tertiary/aromatic N) is 1. The summed E-state index contributed by atoms with van der Waals surface area (Å²) < 4.78 is 5.41. The summed E-state index contributed by atoms with van der Waals surface area (Å²) in [5.74, 6) is 0. The van der Waals surface area contributed by atoms with E-state index in [-0.39, 0.29) is 24.8 Å². The average Bonchev–Trinajstić information content (AvgIpc) is 2.27. The van der Waals surface area contributed by atoms with E-state index in [9.17, 15) is 4.79 Å². The van der Waals surface area contributed by atoms with Gasteiger partial charge in [0.25, 0.3) is 0 Å². The quantitative estimate of drug-likeness (QED) is 0.804. The molecule has 1 fully saturated rings. The van der Waals surface area contributed by atoms with E-state index in [4.69, 9.17) is 15.6 Å². The standard InChI is InChI=1S/C13H26N2O3/c1-13(2,3)18-12(17)15-7-5-4-6-11(15)8-10(14)9-16/h10-11,16H,4-9,14H2,1-3H3. The molecule has 0 spiro atoms. The first kappa shape index (κ1) is 15.2. The topological polar surface area (TPSA) is 75.8 Å². The summed E-state index contributed by atoms with van der Waals surface area (Å²) in [6, 6.07) is -0.172. The molecule has 1 amide bonds. The van der Waals surface area contributed by atoms with E-state index in [0.29, 0.717) is 6.42 Å². The first-order valence-corrected chi connectivity index (χ1v) is 6.69. The third-order valence-electron chi connectivity index (χ3n) is 3.06. The van der Waals surface area contributed by atoms with Crippen LogP contribution >= 0.6 is 0 Å². The van der Waals surface area contributed by atoms with Gasteiger partial charge in [-0.25, -0.2) is 4.79 Å². The highest BCUT2D eigenvalue weighted by atomic mass is 16.6. The molecule has 0 aromatic heterocycles. The SMILES string of the molecule is CC(C)(C)OC(=O)N1CCCCC1CC(N)CO. The molecule has 2 atom stereocenters. The van der Waals surface area contributed by atoms with Gasteiger partial charge in [-0.3, -0.25) is 0 Å². The second-order valence-corrected chi connectivity index (χ2v) is 6.00. The Morgan fingerprint density at radius 3 is 2.72 bits per heavy atom. The number of amides is 1. The molecule has 0 aliphatic carbocycles. The Bertz CT molecular complexity index is 276. The van der Waals surface area contributed by atoms with E-state index in [1.807, 2.05) is 20.8 Å². The molecule has 106 valence electrons. The number of hydrogen-bond donors (Lipinski definition) is 2. The minimum atomic E-state index is -0.474. The van der Waals surface area contributed by atoms with E-state index >= 15 is 0 Å². The van der Waals surface area contributed by atoms with Crippen LogP contribution in [0, 0.1) is 0 Å². The van der Waals surface area contributed by atoms with Gasteiger partial charge in [0.05, 0.1) is 6.61 Å². The highest BCUT2D eigenvalue weighted by Crippen LogP contribution is 2.23. The van der Waals surface area contributed by atoms with Crippen molar-refractivity contribution in [3.63, 3.8) is 0 Å². The van der Waals surface area contributed by atoms with Crippen LogP contribution in [0.3, 0.4) is 0 Å². The van der Waals surface area contributed by atoms with Gasteiger partial charge in [-0.05, 0) is 46.5 Å². The number of likely N-dealkylation sites (tertiary alicyclic amines) is 1. The third kappa shape index (κ3) is 4.82. The van der Waals surface area contributed by atoms with Crippen molar-refractivity contribution in [1.29, 1.82) is 0 Å². The fourth-order valence-corrected chi connectivity index (χ4v) is 2.23. The van der Waals surface area contributed by atoms with Crippen molar-refractivity contribution in [1.82, 2.24) is 4.90 Å². The zero-order chi connectivity index (χ0) is 13.8. The van der Waals surface area contributed by atoms with Gasteiger partial charge in [0.2, 0.25) is 0 Å². The Labute approximate surface area is 109 Å². The van der Waals surface area contributed by atoms with Gasteiger partial charge in [-0.15, -0.1) is 0 Å². The van der Waals surface area contributed by atoms with Crippen LogP contribution in [0.5, 0.6) is 0 Å². The fourth-order valence-electron chi connectivity index (χ4n) is 2.23. The first-order valence-electron chi connectivity index (χ1n) is 6.69. The highest BCUT2D eigenvalue weighted by Gasteiger charge is 2.31. The van der Waals surface area contributed by atoms with Gasteiger partial charge in [-0.2, -0.15) is 0 Å². The van der Waals surface area contributed by atoms with Crippen molar-refractivity contribution in [3.8, 4) is 0 Å². The lowest BCUT2D eigenvalue weighted by Crippen LogP contribution is -2.48. The minimum Gasteiger partial charge on any atom is -0.444 e. The van der Waals surface area contributed by atoms with Crippen molar-refractivity contribution in [3.05, 3.63) is 0 Å². The molecule has 1 rings (SSSR count). The van der Waals surface area contributed by atoms with Crippen molar-refractivity contribution in [2.75, 3.05) is 13.2 Å². The maximum absolute atomic E-state index is 12.1. The number of carbonyl (C=O) groups is 1. The summed E-state index contributed by atoms with van der Waals surface area (Å²) in [5, 5.41) is 9.02. The summed E-state index contributed by atoms with van der Waals surface area (Å²) >= 11 is 0. The Kier molecular flexibility index (Phi) is 5.41. The summed E-state index contributed by atoms with van der Waals surface area (Å²) in [6.45, 7) is 6.27. The van der Waals surface area contributed by atoms with Crippen LogP contribution in [0.4, 0.5) is 4.79 Å². The second kappa shape index (κ2) is 6.38. The molecular weight excluding hydrogens is 232 g/mol. The number of hydrogen-bond acceptors (Lipinski definition) is 4. The van der Waals surface area contributed by atoms with Gasteiger partial charge in [0.1, 0.15) is 5.60 Å². The molecule has 2 unspecified atom stereocenters. The molecule has 5 nitrogen and oxygen atoms in total. The molecule has 5 heteroatoms. The molecule has 0 radical (unpaired) electrons. The molecule has 1 heterocycles. The summed E-state index contributed by atoms with van der Waals surface area (Å²) in [4.78, 5) is 13.9. The van der Waals surface area contributed by atoms with E-state index in [2.05, 4.69) is 0 Å². The lowest BCUT2D eigenvalue weighted by atomic mass is 9.97. The highest BCUT2D eigenvalue weighted by molar-refractivity contribution is 5.68. The summed E-state index contributed by atoms with van der Waals surface area (Å²) in [5.41, 5.74) is 5.29. The minimum absolute atomic E-state index is 0.0430. The monoisotopic (exact) mass is 258 g/mol. The van der Waals surface area contributed by atoms with Crippen molar-refractivity contribution in [2.45, 2.75) is 64.1 Å². The van der Waals surface area contributed by atoms with E-state index in [1.165, 1.54) is 0 Å². The van der Waals surface area contributed by atoms with Crippen molar-refractivity contribution < 1.29 is 14.6 Å². The van der Waals surface area contributed by atoms with Crippen LogP contribution in [0.15, 0.2) is 0 Å². The van der Waals surface area contributed by atoms with Gasteiger partial charge in [0, 0.05) is 18.6 Å².